The number of carbonyl (C=O) groups is 2. The van der Waals surface area contributed by atoms with Gasteiger partial charge in [-0.05, 0) is 51.4 Å². The highest BCUT2D eigenvalue weighted by molar-refractivity contribution is 5.76. The highest BCUT2D eigenvalue weighted by Crippen LogP contribution is 2.26. The molecule has 54 heavy (non-hydrogen) atoms. The number of rotatable bonds is 39. The molecular formula is C46H80N6O2. The molecule has 2 N–H and O–H groups in total. The van der Waals surface area contributed by atoms with Crippen molar-refractivity contribution >= 4 is 11.8 Å². The first-order valence-corrected chi connectivity index (χ1v) is 22.6. The van der Waals surface area contributed by atoms with E-state index in [1.807, 2.05) is 0 Å². The minimum atomic E-state index is -0.159. The zero-order valence-corrected chi connectivity index (χ0v) is 35.0. The zero-order chi connectivity index (χ0) is 39.7. The zero-order valence-electron chi connectivity index (χ0n) is 35.0. The molecule has 0 aliphatic carbocycles. The van der Waals surface area contributed by atoms with Crippen LogP contribution >= 0.6 is 0 Å². The summed E-state index contributed by atoms with van der Waals surface area (Å²) in [5.41, 5.74) is 0. The minimum Gasteiger partial charge on any atom is -0.356 e. The summed E-state index contributed by atoms with van der Waals surface area (Å²) in [5.74, 6) is -0.362. The summed E-state index contributed by atoms with van der Waals surface area (Å²) < 4.78 is 0. The average molecular weight is 749 g/mol. The number of nitriles is 4. The van der Waals surface area contributed by atoms with Crippen LogP contribution in [0.4, 0.5) is 0 Å². The molecule has 0 saturated carbocycles. The number of nitrogens with one attached hydrogen (secondary N) is 2. The van der Waals surface area contributed by atoms with E-state index in [-0.39, 0.29) is 35.5 Å². The molecule has 8 nitrogen and oxygen atoms in total. The Morgan fingerprint density at radius 3 is 0.889 bits per heavy atom. The molecule has 4 atom stereocenters. The molecule has 0 rings (SSSR count). The Morgan fingerprint density at radius 2 is 0.611 bits per heavy atom. The minimum absolute atomic E-state index is 0.121. The lowest BCUT2D eigenvalue weighted by Crippen LogP contribution is -2.24. The van der Waals surface area contributed by atoms with Crippen molar-refractivity contribution in [2.75, 3.05) is 13.1 Å². The van der Waals surface area contributed by atoms with Crippen LogP contribution in [0.25, 0.3) is 0 Å². The van der Waals surface area contributed by atoms with E-state index in [0.29, 0.717) is 25.9 Å². The van der Waals surface area contributed by atoms with E-state index < -0.39 is 0 Å². The van der Waals surface area contributed by atoms with Gasteiger partial charge in [-0.1, -0.05) is 155 Å². The summed E-state index contributed by atoms with van der Waals surface area (Å²) in [4.78, 5) is 24.4. The summed E-state index contributed by atoms with van der Waals surface area (Å²) in [6.07, 6.45) is 32.8. The molecule has 0 aromatic heterocycles. The van der Waals surface area contributed by atoms with Crippen LogP contribution < -0.4 is 10.6 Å². The van der Waals surface area contributed by atoms with Crippen LogP contribution in [0.5, 0.6) is 0 Å². The van der Waals surface area contributed by atoms with Gasteiger partial charge in [0.2, 0.25) is 11.8 Å². The van der Waals surface area contributed by atoms with Gasteiger partial charge in [0.15, 0.2) is 0 Å². The molecule has 0 aromatic carbocycles. The predicted molar refractivity (Wildman–Crippen MR) is 222 cm³/mol. The fraction of sp³-hybridized carbons (Fsp3) is 0.870. The van der Waals surface area contributed by atoms with Gasteiger partial charge in [-0.2, -0.15) is 21.0 Å². The lowest BCUT2D eigenvalue weighted by Gasteiger charge is -2.15. The Morgan fingerprint density at radius 1 is 0.370 bits per heavy atom. The number of hydrogen-bond acceptors (Lipinski definition) is 6. The van der Waals surface area contributed by atoms with Crippen molar-refractivity contribution in [2.45, 2.75) is 219 Å². The Balaban J connectivity index is 3.69. The van der Waals surface area contributed by atoms with Crippen LogP contribution in [0.1, 0.15) is 219 Å². The van der Waals surface area contributed by atoms with Crippen LogP contribution in [-0.4, -0.2) is 24.9 Å². The number of unbranched alkanes of at least 4 members (excludes halogenated alkanes) is 21. The second kappa shape index (κ2) is 39.6. The van der Waals surface area contributed by atoms with Crippen molar-refractivity contribution in [3.05, 3.63) is 0 Å². The van der Waals surface area contributed by atoms with Gasteiger partial charge in [0, 0.05) is 25.9 Å². The summed E-state index contributed by atoms with van der Waals surface area (Å²) in [6.45, 7) is 5.83. The maximum atomic E-state index is 12.2. The first-order valence-electron chi connectivity index (χ1n) is 22.6. The Hall–Kier alpha value is -3.10. The molecule has 306 valence electrons. The molecule has 4 unspecified atom stereocenters. The monoisotopic (exact) mass is 749 g/mol. The van der Waals surface area contributed by atoms with E-state index in [0.717, 1.165) is 141 Å². The maximum Gasteiger partial charge on any atom is 0.219 e. The summed E-state index contributed by atoms with van der Waals surface area (Å²) >= 11 is 0. The molecule has 8 heteroatoms. The Labute approximate surface area is 332 Å². The lowest BCUT2D eigenvalue weighted by atomic mass is 9.86. The normalized spacial score (nSPS) is 13.1. The van der Waals surface area contributed by atoms with Gasteiger partial charge in [-0.3, -0.25) is 9.59 Å². The quantitative estimate of drug-likeness (QED) is 0.0596. The van der Waals surface area contributed by atoms with Crippen LogP contribution in [0.2, 0.25) is 0 Å². The second-order valence-electron chi connectivity index (χ2n) is 15.8. The summed E-state index contributed by atoms with van der Waals surface area (Å²) in [7, 11) is 0. The van der Waals surface area contributed by atoms with Crippen LogP contribution in [0, 0.1) is 69.0 Å². The van der Waals surface area contributed by atoms with Crippen molar-refractivity contribution in [1.29, 1.82) is 21.0 Å². The summed E-state index contributed by atoms with van der Waals surface area (Å²) in [6, 6.07) is 9.59. The van der Waals surface area contributed by atoms with E-state index >= 15 is 0 Å². The fourth-order valence-electron chi connectivity index (χ4n) is 7.31. The van der Waals surface area contributed by atoms with E-state index in [9.17, 15) is 30.6 Å². The third-order valence-electron chi connectivity index (χ3n) is 11.0. The van der Waals surface area contributed by atoms with Crippen molar-refractivity contribution in [3.63, 3.8) is 0 Å². The highest BCUT2D eigenvalue weighted by Gasteiger charge is 2.21. The van der Waals surface area contributed by atoms with E-state index in [4.69, 9.17) is 0 Å². The summed E-state index contributed by atoms with van der Waals surface area (Å²) in [5, 5.41) is 44.4. The molecule has 0 aliphatic heterocycles. The Bertz CT molecular complexity index is 983. The van der Waals surface area contributed by atoms with Crippen molar-refractivity contribution < 1.29 is 9.59 Å². The maximum absolute atomic E-state index is 12.2. The topological polar surface area (TPSA) is 153 Å². The first kappa shape index (κ1) is 50.9. The van der Waals surface area contributed by atoms with Gasteiger partial charge < -0.3 is 10.6 Å². The average Bonchev–Trinajstić information content (AvgIpc) is 3.18. The molecule has 0 fully saturated rings. The number of carbonyl (C=O) groups excluding carboxylic acids is 2. The number of amides is 2. The SMILES string of the molecule is CCCCCCCCC(C#N)C(C#N)CCCCCCCC(=O)NCCCCCCNC(=O)CCCCCCCC(C#N)C(C#N)CCCCCCCC. The van der Waals surface area contributed by atoms with Gasteiger partial charge in [-0.25, -0.2) is 0 Å². The van der Waals surface area contributed by atoms with Gasteiger partial charge in [0.05, 0.1) is 47.9 Å². The third kappa shape index (κ3) is 31.3. The van der Waals surface area contributed by atoms with Gasteiger partial charge >= 0.3 is 0 Å². The molecule has 0 spiro atoms. The number of nitrogens with zero attached hydrogens (tertiary/aromatic N) is 4. The van der Waals surface area contributed by atoms with Crippen LogP contribution in [-0.2, 0) is 9.59 Å². The predicted octanol–water partition coefficient (Wildman–Crippen LogP) is 12.3. The molecule has 0 bridgehead atoms. The Kier molecular flexibility index (Phi) is 37.3. The molecule has 0 heterocycles. The van der Waals surface area contributed by atoms with E-state index in [1.54, 1.807) is 0 Å². The van der Waals surface area contributed by atoms with Gasteiger partial charge in [0.25, 0.3) is 0 Å². The van der Waals surface area contributed by atoms with Gasteiger partial charge in [0.1, 0.15) is 0 Å². The lowest BCUT2D eigenvalue weighted by molar-refractivity contribution is -0.122. The first-order chi connectivity index (χ1) is 26.5. The fourth-order valence-corrected chi connectivity index (χ4v) is 7.31. The standard InChI is InChI=1S/C46H80N6O2/c1-3-5-7-9-13-21-29-41(37-47)43(39-49)31-23-15-11-17-25-33-45(53)51-35-27-19-20-28-36-52-46(54)34-26-18-12-16-24-32-44(40-50)42(38-48)30-22-14-10-8-6-4-2/h41-44H,3-36H2,1-2H3,(H,51,53)(H,52,54). The van der Waals surface area contributed by atoms with Crippen LogP contribution in [0.3, 0.4) is 0 Å². The third-order valence-corrected chi connectivity index (χ3v) is 11.0. The molecule has 2 amide bonds. The molecule has 0 aromatic rings. The van der Waals surface area contributed by atoms with Crippen LogP contribution in [0.15, 0.2) is 0 Å². The van der Waals surface area contributed by atoms with Crippen molar-refractivity contribution in [2.24, 2.45) is 23.7 Å². The molecular weight excluding hydrogens is 669 g/mol. The van der Waals surface area contributed by atoms with Gasteiger partial charge in [-0.15, -0.1) is 0 Å². The smallest absolute Gasteiger partial charge is 0.219 e. The highest BCUT2D eigenvalue weighted by atomic mass is 16.2. The second-order valence-corrected chi connectivity index (χ2v) is 15.8. The van der Waals surface area contributed by atoms with E-state index in [2.05, 4.69) is 48.8 Å². The van der Waals surface area contributed by atoms with Crippen molar-refractivity contribution in [3.8, 4) is 24.3 Å². The van der Waals surface area contributed by atoms with Crippen molar-refractivity contribution in [1.82, 2.24) is 10.6 Å². The largest absolute Gasteiger partial charge is 0.356 e. The molecule has 0 saturated heterocycles. The molecule has 0 radical (unpaired) electrons. The molecule has 0 aliphatic rings. The number of hydrogen-bond donors (Lipinski definition) is 2. The van der Waals surface area contributed by atoms with E-state index in [1.165, 1.54) is 51.4 Å².